The van der Waals surface area contributed by atoms with Crippen LogP contribution >= 0.6 is 15.9 Å². The van der Waals surface area contributed by atoms with E-state index >= 15 is 0 Å². The Balaban J connectivity index is 3.40. The van der Waals surface area contributed by atoms with Crippen molar-refractivity contribution in [2.75, 3.05) is 0 Å². The van der Waals surface area contributed by atoms with Gasteiger partial charge in [0, 0.05) is 10.7 Å². The van der Waals surface area contributed by atoms with Gasteiger partial charge in [-0.05, 0) is 22.0 Å². The number of nitriles is 1. The van der Waals surface area contributed by atoms with E-state index in [9.17, 15) is 4.79 Å². The first-order valence-electron chi connectivity index (χ1n) is 2.94. The van der Waals surface area contributed by atoms with Crippen molar-refractivity contribution in [2.45, 2.75) is 0 Å². The fourth-order valence-electron chi connectivity index (χ4n) is 0.707. The van der Waals surface area contributed by atoms with Crippen LogP contribution in [0.3, 0.4) is 0 Å². The molecule has 1 rings (SSSR count). The Bertz CT molecular complexity index is 370. The van der Waals surface area contributed by atoms with Crippen molar-refractivity contribution in [1.29, 1.82) is 5.26 Å². The third kappa shape index (κ3) is 1.43. The molecule has 1 aromatic rings. The molecule has 0 aliphatic heterocycles. The van der Waals surface area contributed by atoms with Crippen LogP contribution in [0.2, 0.25) is 0 Å². The minimum absolute atomic E-state index is 0.0463. The molecule has 0 aliphatic rings. The Kier molecular flexibility index (Phi) is 2.41. The highest BCUT2D eigenvalue weighted by Crippen LogP contribution is 2.17. The van der Waals surface area contributed by atoms with Gasteiger partial charge in [-0.1, -0.05) is 0 Å². The summed E-state index contributed by atoms with van der Waals surface area (Å²) in [6, 6.07) is 3.27. The third-order valence-electron chi connectivity index (χ3n) is 1.21. The maximum absolute atomic E-state index is 10.5. The van der Waals surface area contributed by atoms with Crippen molar-refractivity contribution >= 4 is 21.9 Å². The van der Waals surface area contributed by atoms with Crippen molar-refractivity contribution in [1.82, 2.24) is 4.98 Å². The van der Waals surface area contributed by atoms with Gasteiger partial charge in [0.05, 0.1) is 5.56 Å². The molecule has 0 radical (unpaired) electrons. The maximum atomic E-state index is 10.5. The number of pyridine rings is 1. The van der Waals surface area contributed by atoms with E-state index in [1.807, 2.05) is 0 Å². The summed E-state index contributed by atoms with van der Waals surface area (Å²) in [6.45, 7) is 0. The molecule has 12 heavy (non-hydrogen) atoms. The largest absolute Gasteiger partial charge is 0.476 e. The molecule has 0 aliphatic carbocycles. The number of carboxylic acids is 1. The predicted molar refractivity (Wildman–Crippen MR) is 43.6 cm³/mol. The first-order chi connectivity index (χ1) is 5.66. The van der Waals surface area contributed by atoms with Gasteiger partial charge in [-0.25, -0.2) is 9.78 Å². The van der Waals surface area contributed by atoms with E-state index in [-0.39, 0.29) is 11.3 Å². The molecule has 0 saturated carbocycles. The second-order valence-electron chi connectivity index (χ2n) is 1.93. The predicted octanol–water partition coefficient (Wildman–Crippen LogP) is 1.41. The van der Waals surface area contributed by atoms with Crippen LogP contribution < -0.4 is 0 Å². The standard InChI is InChI=1S/C7H3BrN2O2/c8-5-1-2-10-6(7(11)12)4(5)3-9/h1-2H,(H,11,12). The number of halogens is 1. The number of rotatable bonds is 1. The van der Waals surface area contributed by atoms with Gasteiger partial charge in [-0.2, -0.15) is 5.26 Å². The Morgan fingerprint density at radius 3 is 2.83 bits per heavy atom. The summed E-state index contributed by atoms with van der Waals surface area (Å²) in [5.74, 6) is -1.20. The number of aromatic carboxylic acids is 1. The normalized spacial score (nSPS) is 9.00. The van der Waals surface area contributed by atoms with Gasteiger partial charge in [0.1, 0.15) is 6.07 Å². The average Bonchev–Trinajstić information content (AvgIpc) is 2.03. The summed E-state index contributed by atoms with van der Waals surface area (Å²) in [7, 11) is 0. The highest BCUT2D eigenvalue weighted by Gasteiger charge is 2.13. The van der Waals surface area contributed by atoms with Crippen LogP contribution in [0.25, 0.3) is 0 Å². The minimum Gasteiger partial charge on any atom is -0.476 e. The van der Waals surface area contributed by atoms with Crippen LogP contribution in [0.15, 0.2) is 16.7 Å². The van der Waals surface area contributed by atoms with Crippen LogP contribution in [-0.4, -0.2) is 16.1 Å². The summed E-state index contributed by atoms with van der Waals surface area (Å²) in [6.07, 6.45) is 1.33. The topological polar surface area (TPSA) is 74.0 Å². The summed E-state index contributed by atoms with van der Waals surface area (Å²) in [4.78, 5) is 14.1. The van der Waals surface area contributed by atoms with Gasteiger partial charge in [-0.15, -0.1) is 0 Å². The van der Waals surface area contributed by atoms with Crippen LogP contribution in [-0.2, 0) is 0 Å². The highest BCUT2D eigenvalue weighted by atomic mass is 79.9. The summed E-state index contributed by atoms with van der Waals surface area (Å²) < 4.78 is 0.442. The Hall–Kier alpha value is -1.41. The molecule has 0 saturated heterocycles. The van der Waals surface area contributed by atoms with Crippen molar-refractivity contribution in [2.24, 2.45) is 0 Å². The number of nitrogens with zero attached hydrogens (tertiary/aromatic N) is 2. The van der Waals surface area contributed by atoms with E-state index in [4.69, 9.17) is 10.4 Å². The molecule has 0 fully saturated rings. The summed E-state index contributed by atoms with van der Waals surface area (Å²) >= 11 is 3.05. The average molecular weight is 227 g/mol. The fraction of sp³-hybridized carbons (Fsp3) is 0. The maximum Gasteiger partial charge on any atom is 0.355 e. The monoisotopic (exact) mass is 226 g/mol. The van der Waals surface area contributed by atoms with Crippen molar-refractivity contribution in [3.63, 3.8) is 0 Å². The van der Waals surface area contributed by atoms with E-state index in [1.165, 1.54) is 12.3 Å². The molecule has 5 heteroatoms. The SMILES string of the molecule is N#Cc1c(Br)ccnc1C(=O)O. The quantitative estimate of drug-likeness (QED) is 0.786. The Labute approximate surface area is 76.6 Å². The molecule has 0 bridgehead atoms. The van der Waals surface area contributed by atoms with Gasteiger partial charge in [0.25, 0.3) is 0 Å². The lowest BCUT2D eigenvalue weighted by atomic mass is 10.2. The number of carbonyl (C=O) groups is 1. The molecule has 4 nitrogen and oxygen atoms in total. The van der Waals surface area contributed by atoms with Crippen LogP contribution in [0.1, 0.15) is 16.1 Å². The Morgan fingerprint density at radius 1 is 1.75 bits per heavy atom. The van der Waals surface area contributed by atoms with Gasteiger partial charge < -0.3 is 5.11 Å². The van der Waals surface area contributed by atoms with E-state index in [0.717, 1.165) is 0 Å². The summed E-state index contributed by atoms with van der Waals surface area (Å²) in [5.41, 5.74) is -0.183. The number of aromatic nitrogens is 1. The van der Waals surface area contributed by atoms with Crippen LogP contribution in [0.4, 0.5) is 0 Å². The number of hydrogen-bond acceptors (Lipinski definition) is 3. The molecule has 0 spiro atoms. The molecule has 1 aromatic heterocycles. The molecular formula is C7H3BrN2O2. The van der Waals surface area contributed by atoms with Gasteiger partial charge in [0.2, 0.25) is 0 Å². The van der Waals surface area contributed by atoms with E-state index in [2.05, 4.69) is 20.9 Å². The highest BCUT2D eigenvalue weighted by molar-refractivity contribution is 9.10. The second-order valence-corrected chi connectivity index (χ2v) is 2.79. The van der Waals surface area contributed by atoms with E-state index in [0.29, 0.717) is 4.47 Å². The fourth-order valence-corrected chi connectivity index (χ4v) is 1.10. The second kappa shape index (κ2) is 3.32. The van der Waals surface area contributed by atoms with E-state index in [1.54, 1.807) is 6.07 Å². The zero-order valence-electron chi connectivity index (χ0n) is 5.78. The first kappa shape index (κ1) is 8.68. The molecule has 0 unspecified atom stereocenters. The zero-order valence-corrected chi connectivity index (χ0v) is 7.37. The van der Waals surface area contributed by atoms with Crippen molar-refractivity contribution in [3.8, 4) is 6.07 Å². The lowest BCUT2D eigenvalue weighted by Crippen LogP contribution is -2.03. The van der Waals surface area contributed by atoms with E-state index < -0.39 is 5.97 Å². The third-order valence-corrected chi connectivity index (χ3v) is 1.88. The molecule has 1 heterocycles. The number of carboxylic acid groups (broad SMARTS) is 1. The van der Waals surface area contributed by atoms with Crippen molar-refractivity contribution in [3.05, 3.63) is 28.0 Å². The molecule has 1 N–H and O–H groups in total. The minimum atomic E-state index is -1.20. The van der Waals surface area contributed by atoms with Gasteiger partial charge in [-0.3, -0.25) is 0 Å². The molecule has 0 amide bonds. The van der Waals surface area contributed by atoms with Crippen LogP contribution in [0, 0.1) is 11.3 Å². The first-order valence-corrected chi connectivity index (χ1v) is 3.74. The smallest absolute Gasteiger partial charge is 0.355 e. The lowest BCUT2D eigenvalue weighted by Gasteiger charge is -1.97. The van der Waals surface area contributed by atoms with Gasteiger partial charge >= 0.3 is 5.97 Å². The lowest BCUT2D eigenvalue weighted by molar-refractivity contribution is 0.0690. The Morgan fingerprint density at radius 2 is 2.42 bits per heavy atom. The van der Waals surface area contributed by atoms with Crippen molar-refractivity contribution < 1.29 is 9.90 Å². The molecule has 0 aromatic carbocycles. The van der Waals surface area contributed by atoms with Crippen LogP contribution in [0.5, 0.6) is 0 Å². The zero-order chi connectivity index (χ0) is 9.14. The molecule has 0 atom stereocenters. The van der Waals surface area contributed by atoms with Gasteiger partial charge in [0.15, 0.2) is 5.69 Å². The molecular weight excluding hydrogens is 224 g/mol. The summed E-state index contributed by atoms with van der Waals surface area (Å²) in [5, 5.41) is 17.2. The molecule has 60 valence electrons. The number of hydrogen-bond donors (Lipinski definition) is 1.